The third-order valence-corrected chi connectivity index (χ3v) is 3.80. The standard InChI is InChI=1S/C16H14BrClN2O/c1-10-3-8-14(15(18)9-10)16(21)20-19-11(2)12-4-6-13(17)7-5-12/h3-9H,1-2H3,(H,20,21)/b19-11+. The lowest BCUT2D eigenvalue weighted by Gasteiger charge is -2.05. The Balaban J connectivity index is 2.12. The molecule has 0 heterocycles. The summed E-state index contributed by atoms with van der Waals surface area (Å²) in [6, 6.07) is 13.0. The minimum Gasteiger partial charge on any atom is -0.267 e. The third-order valence-electron chi connectivity index (χ3n) is 2.96. The van der Waals surface area contributed by atoms with Crippen LogP contribution < -0.4 is 5.43 Å². The summed E-state index contributed by atoms with van der Waals surface area (Å²) in [4.78, 5) is 12.1. The number of carbonyl (C=O) groups excluding carboxylic acids is 1. The average Bonchev–Trinajstić information content (AvgIpc) is 2.45. The quantitative estimate of drug-likeness (QED) is 0.628. The molecule has 1 N–H and O–H groups in total. The number of carbonyl (C=O) groups is 1. The number of hydrogen-bond donors (Lipinski definition) is 1. The van der Waals surface area contributed by atoms with Crippen LogP contribution in [0.25, 0.3) is 0 Å². The smallest absolute Gasteiger partial charge is 0.267 e. The summed E-state index contributed by atoms with van der Waals surface area (Å²) in [6.07, 6.45) is 0. The third kappa shape index (κ3) is 4.16. The van der Waals surface area contributed by atoms with E-state index in [-0.39, 0.29) is 5.91 Å². The second-order valence-electron chi connectivity index (χ2n) is 4.63. The van der Waals surface area contributed by atoms with E-state index in [2.05, 4.69) is 26.5 Å². The Morgan fingerprint density at radius 3 is 2.48 bits per heavy atom. The van der Waals surface area contributed by atoms with Crippen molar-refractivity contribution < 1.29 is 4.79 Å². The van der Waals surface area contributed by atoms with Gasteiger partial charge in [0.15, 0.2) is 0 Å². The van der Waals surface area contributed by atoms with E-state index in [1.807, 2.05) is 44.2 Å². The number of aryl methyl sites for hydroxylation is 1. The molecule has 0 spiro atoms. The van der Waals surface area contributed by atoms with Gasteiger partial charge in [0.05, 0.1) is 16.3 Å². The maximum absolute atomic E-state index is 12.1. The van der Waals surface area contributed by atoms with Crippen molar-refractivity contribution in [2.75, 3.05) is 0 Å². The monoisotopic (exact) mass is 364 g/mol. The number of nitrogens with zero attached hydrogens (tertiary/aromatic N) is 1. The van der Waals surface area contributed by atoms with Crippen molar-refractivity contribution in [3.63, 3.8) is 0 Å². The molecule has 5 heteroatoms. The van der Waals surface area contributed by atoms with Gasteiger partial charge < -0.3 is 0 Å². The van der Waals surface area contributed by atoms with Crippen LogP contribution in [0, 0.1) is 6.92 Å². The molecule has 0 bridgehead atoms. The Hall–Kier alpha value is -1.65. The fraction of sp³-hybridized carbons (Fsp3) is 0.125. The summed E-state index contributed by atoms with van der Waals surface area (Å²) < 4.78 is 0.995. The molecule has 2 rings (SSSR count). The van der Waals surface area contributed by atoms with Crippen molar-refractivity contribution in [3.8, 4) is 0 Å². The van der Waals surface area contributed by atoms with Crippen LogP contribution in [0.4, 0.5) is 0 Å². The van der Waals surface area contributed by atoms with Gasteiger partial charge in [0.1, 0.15) is 0 Å². The lowest BCUT2D eigenvalue weighted by Crippen LogP contribution is -2.19. The van der Waals surface area contributed by atoms with Gasteiger partial charge in [0, 0.05) is 4.47 Å². The molecule has 0 atom stereocenters. The molecular formula is C16H14BrClN2O. The highest BCUT2D eigenvalue weighted by Crippen LogP contribution is 2.17. The molecule has 108 valence electrons. The van der Waals surface area contributed by atoms with E-state index in [1.165, 1.54) is 0 Å². The van der Waals surface area contributed by atoms with Gasteiger partial charge in [-0.1, -0.05) is 45.7 Å². The van der Waals surface area contributed by atoms with E-state index >= 15 is 0 Å². The van der Waals surface area contributed by atoms with E-state index in [0.29, 0.717) is 10.6 Å². The maximum atomic E-state index is 12.1. The Kier molecular flexibility index (Phi) is 5.15. The number of halogens is 2. The van der Waals surface area contributed by atoms with Crippen molar-refractivity contribution in [2.24, 2.45) is 5.10 Å². The van der Waals surface area contributed by atoms with Gasteiger partial charge in [-0.25, -0.2) is 5.43 Å². The summed E-state index contributed by atoms with van der Waals surface area (Å²) in [5, 5.41) is 4.53. The lowest BCUT2D eigenvalue weighted by atomic mass is 10.1. The molecule has 21 heavy (non-hydrogen) atoms. The summed E-state index contributed by atoms with van der Waals surface area (Å²) >= 11 is 9.44. The molecular weight excluding hydrogens is 352 g/mol. The number of amides is 1. The first kappa shape index (κ1) is 15.7. The largest absolute Gasteiger partial charge is 0.272 e. The number of hydrazone groups is 1. The van der Waals surface area contributed by atoms with Crippen LogP contribution in [0.3, 0.4) is 0 Å². The van der Waals surface area contributed by atoms with Crippen molar-refractivity contribution in [1.82, 2.24) is 5.43 Å². The number of hydrogen-bond acceptors (Lipinski definition) is 2. The Morgan fingerprint density at radius 1 is 1.19 bits per heavy atom. The minimum atomic E-state index is -0.323. The molecule has 0 fully saturated rings. The first-order chi connectivity index (χ1) is 9.97. The highest BCUT2D eigenvalue weighted by Gasteiger charge is 2.09. The first-order valence-electron chi connectivity index (χ1n) is 6.34. The molecule has 0 saturated carbocycles. The van der Waals surface area contributed by atoms with Gasteiger partial charge in [-0.3, -0.25) is 4.79 Å². The predicted octanol–water partition coefficient (Wildman–Crippen LogP) is 4.56. The first-order valence-corrected chi connectivity index (χ1v) is 7.51. The normalized spacial score (nSPS) is 11.3. The van der Waals surface area contributed by atoms with E-state index < -0.39 is 0 Å². The van der Waals surface area contributed by atoms with Crippen molar-refractivity contribution in [2.45, 2.75) is 13.8 Å². The second-order valence-corrected chi connectivity index (χ2v) is 5.95. The molecule has 1 amide bonds. The molecule has 3 nitrogen and oxygen atoms in total. The molecule has 0 saturated heterocycles. The molecule has 0 aliphatic carbocycles. The van der Waals surface area contributed by atoms with Crippen LogP contribution in [0.2, 0.25) is 5.02 Å². The minimum absolute atomic E-state index is 0.323. The topological polar surface area (TPSA) is 41.5 Å². The van der Waals surface area contributed by atoms with Crippen molar-refractivity contribution in [1.29, 1.82) is 0 Å². The van der Waals surface area contributed by atoms with Crippen LogP contribution in [-0.2, 0) is 0 Å². The molecule has 0 aliphatic heterocycles. The predicted molar refractivity (Wildman–Crippen MR) is 90.0 cm³/mol. The molecule has 0 radical (unpaired) electrons. The summed E-state index contributed by atoms with van der Waals surface area (Å²) in [5.41, 5.74) is 5.60. The zero-order valence-corrected chi connectivity index (χ0v) is 14.0. The van der Waals surface area contributed by atoms with E-state index in [0.717, 1.165) is 21.3 Å². The van der Waals surface area contributed by atoms with E-state index in [9.17, 15) is 4.79 Å². The molecule has 0 unspecified atom stereocenters. The van der Waals surface area contributed by atoms with E-state index in [1.54, 1.807) is 12.1 Å². The van der Waals surface area contributed by atoms with Crippen LogP contribution in [0.5, 0.6) is 0 Å². The molecule has 2 aromatic rings. The Morgan fingerprint density at radius 2 is 1.86 bits per heavy atom. The fourth-order valence-electron chi connectivity index (χ4n) is 1.75. The lowest BCUT2D eigenvalue weighted by molar-refractivity contribution is 0.0955. The highest BCUT2D eigenvalue weighted by molar-refractivity contribution is 9.10. The zero-order chi connectivity index (χ0) is 15.4. The van der Waals surface area contributed by atoms with Gasteiger partial charge in [-0.05, 0) is 49.2 Å². The second kappa shape index (κ2) is 6.87. The number of rotatable bonds is 3. The zero-order valence-electron chi connectivity index (χ0n) is 11.7. The van der Waals surface area contributed by atoms with Gasteiger partial charge in [-0.2, -0.15) is 5.10 Å². The summed E-state index contributed by atoms with van der Waals surface area (Å²) in [7, 11) is 0. The van der Waals surface area contributed by atoms with Gasteiger partial charge in [-0.15, -0.1) is 0 Å². The average molecular weight is 366 g/mol. The summed E-state index contributed by atoms with van der Waals surface area (Å²) in [5.74, 6) is -0.323. The van der Waals surface area contributed by atoms with Gasteiger partial charge in [0.2, 0.25) is 0 Å². The SMILES string of the molecule is C/C(=N\NC(=O)c1ccc(C)cc1Cl)c1ccc(Br)cc1. The van der Waals surface area contributed by atoms with Crippen LogP contribution in [-0.4, -0.2) is 11.6 Å². The molecule has 2 aromatic carbocycles. The number of benzene rings is 2. The van der Waals surface area contributed by atoms with Gasteiger partial charge >= 0.3 is 0 Å². The van der Waals surface area contributed by atoms with Crippen LogP contribution in [0.1, 0.15) is 28.4 Å². The van der Waals surface area contributed by atoms with Crippen LogP contribution >= 0.6 is 27.5 Å². The van der Waals surface area contributed by atoms with Crippen molar-refractivity contribution in [3.05, 3.63) is 68.7 Å². The Bertz CT molecular complexity index is 696. The van der Waals surface area contributed by atoms with Gasteiger partial charge in [0.25, 0.3) is 5.91 Å². The summed E-state index contributed by atoms with van der Waals surface area (Å²) in [6.45, 7) is 3.75. The highest BCUT2D eigenvalue weighted by atomic mass is 79.9. The van der Waals surface area contributed by atoms with Crippen molar-refractivity contribution >= 4 is 39.1 Å². The number of nitrogens with one attached hydrogen (secondary N) is 1. The molecule has 0 aliphatic rings. The van der Waals surface area contributed by atoms with E-state index in [4.69, 9.17) is 11.6 Å². The Labute approximate surface area is 137 Å². The molecule has 0 aromatic heterocycles. The van der Waals surface area contributed by atoms with Crippen LogP contribution in [0.15, 0.2) is 52.0 Å². The fourth-order valence-corrected chi connectivity index (χ4v) is 2.34. The maximum Gasteiger partial charge on any atom is 0.272 e.